The first kappa shape index (κ1) is 69.9. The number of ether oxygens (including phenoxy) is 4. The molecule has 2 unspecified atom stereocenters. The molecule has 1 rings (SSSR count). The highest BCUT2D eigenvalue weighted by Gasteiger charge is 2.46. The van der Waals surface area contributed by atoms with Crippen LogP contribution in [0.2, 0.25) is 0 Å². The van der Waals surface area contributed by atoms with Crippen molar-refractivity contribution >= 4 is 22.1 Å². The number of carbonyl (C=O) groups excluding carboxylic acids is 2. The fourth-order valence-corrected chi connectivity index (χ4v) is 10.2. The molecule has 0 aliphatic carbocycles. The molecular formula is C61H112O12S. The molecule has 0 aromatic carbocycles. The summed E-state index contributed by atoms with van der Waals surface area (Å²) in [6, 6.07) is 0. The molecule has 1 aliphatic heterocycles. The van der Waals surface area contributed by atoms with Gasteiger partial charge in [0.1, 0.15) is 36.8 Å². The molecule has 0 aromatic rings. The van der Waals surface area contributed by atoms with Crippen molar-refractivity contribution in [2.75, 3.05) is 19.0 Å². The van der Waals surface area contributed by atoms with E-state index in [1.165, 1.54) is 199 Å². The van der Waals surface area contributed by atoms with Crippen molar-refractivity contribution in [3.8, 4) is 0 Å². The Labute approximate surface area is 452 Å². The second-order valence-electron chi connectivity index (χ2n) is 21.4. The van der Waals surface area contributed by atoms with Gasteiger partial charge < -0.3 is 34.3 Å². The number of carbonyl (C=O) groups is 2. The molecular weight excluding hydrogens is 957 g/mol. The molecule has 0 aromatic heterocycles. The van der Waals surface area contributed by atoms with E-state index in [0.29, 0.717) is 19.3 Å². The monoisotopic (exact) mass is 1070 g/mol. The van der Waals surface area contributed by atoms with Crippen LogP contribution in [0.5, 0.6) is 0 Å². The first-order valence-electron chi connectivity index (χ1n) is 30.5. The zero-order valence-corrected chi connectivity index (χ0v) is 48.0. The maximum Gasteiger partial charge on any atom is 0.306 e. The normalized spacial score (nSPS) is 18.8. The summed E-state index contributed by atoms with van der Waals surface area (Å²) in [5.41, 5.74) is 0. The lowest BCUT2D eigenvalue weighted by atomic mass is 10.00. The highest BCUT2D eigenvalue weighted by atomic mass is 32.2. The van der Waals surface area contributed by atoms with Crippen LogP contribution in [-0.2, 0) is 38.7 Å². The third kappa shape index (κ3) is 43.9. The Hall–Kier alpha value is -2.13. The van der Waals surface area contributed by atoms with Gasteiger partial charge in [-0.25, -0.2) is 0 Å². The molecule has 0 amide bonds. The number of rotatable bonds is 53. The van der Waals surface area contributed by atoms with Crippen LogP contribution >= 0.6 is 0 Å². The first-order valence-corrected chi connectivity index (χ1v) is 32.2. The van der Waals surface area contributed by atoms with Crippen molar-refractivity contribution in [3.63, 3.8) is 0 Å². The van der Waals surface area contributed by atoms with Crippen LogP contribution in [0.1, 0.15) is 284 Å². The Morgan fingerprint density at radius 2 is 0.784 bits per heavy atom. The number of unbranched alkanes of at least 4 members (excludes halogenated alkanes) is 35. The predicted molar refractivity (Wildman–Crippen MR) is 303 cm³/mol. The Morgan fingerprint density at radius 3 is 1.16 bits per heavy atom. The minimum Gasteiger partial charge on any atom is -0.462 e. The van der Waals surface area contributed by atoms with Crippen molar-refractivity contribution < 1.29 is 56.8 Å². The zero-order chi connectivity index (χ0) is 54.0. The molecule has 74 heavy (non-hydrogen) atoms. The number of hydrogen-bond acceptors (Lipinski definition) is 11. The first-order chi connectivity index (χ1) is 36.0. The molecule has 1 saturated heterocycles. The Morgan fingerprint density at radius 1 is 0.446 bits per heavy atom. The third-order valence-electron chi connectivity index (χ3n) is 14.2. The van der Waals surface area contributed by atoms with E-state index >= 15 is 0 Å². The topological polar surface area (TPSA) is 186 Å². The maximum atomic E-state index is 12.9. The Bertz CT molecular complexity index is 1480. The molecule has 6 atom stereocenters. The minimum atomic E-state index is -4.62. The van der Waals surface area contributed by atoms with E-state index in [-0.39, 0.29) is 19.4 Å². The van der Waals surface area contributed by atoms with Gasteiger partial charge in [0.25, 0.3) is 10.1 Å². The largest absolute Gasteiger partial charge is 0.462 e. The van der Waals surface area contributed by atoms with Crippen LogP contribution in [0, 0.1) is 0 Å². The van der Waals surface area contributed by atoms with Gasteiger partial charge in [0.05, 0.1) is 6.61 Å². The van der Waals surface area contributed by atoms with Crippen LogP contribution in [0.3, 0.4) is 0 Å². The fourth-order valence-electron chi connectivity index (χ4n) is 9.47. The summed E-state index contributed by atoms with van der Waals surface area (Å²) in [7, 11) is -4.62. The van der Waals surface area contributed by atoms with E-state index in [2.05, 4.69) is 50.3 Å². The van der Waals surface area contributed by atoms with Gasteiger partial charge >= 0.3 is 11.9 Å². The molecule has 12 nitrogen and oxygen atoms in total. The predicted octanol–water partition coefficient (Wildman–Crippen LogP) is 15.2. The highest BCUT2D eigenvalue weighted by molar-refractivity contribution is 7.85. The molecule has 1 heterocycles. The lowest BCUT2D eigenvalue weighted by Gasteiger charge is -2.40. The summed E-state index contributed by atoms with van der Waals surface area (Å²) in [6.07, 6.45) is 53.6. The smallest absolute Gasteiger partial charge is 0.306 e. The standard InChI is InChI=1S/C61H112O12S/c1-3-5-7-9-11-13-15-17-19-21-23-25-27-29-31-33-35-37-39-41-43-45-47-49-56(62)70-51-54(52-71-61-60(66)59(65)58(64)55(73-61)53-74(67,68)69)72-57(63)50-48-46-44-42-40-38-36-34-32-30-28-26-24-22-20-18-16-14-12-10-8-6-4-2/h34,36,41-44,54-55,58-61,64-66H,3-33,35,37-40,45-53H2,1-2H3,(H,67,68,69)/b36-34+,43-41+,44-42+/t54-,55-,58-,59?,60?,61+/m1/s1. The van der Waals surface area contributed by atoms with Gasteiger partial charge in [-0.3, -0.25) is 14.1 Å². The van der Waals surface area contributed by atoms with E-state index in [0.717, 1.165) is 38.5 Å². The summed E-state index contributed by atoms with van der Waals surface area (Å²) < 4.78 is 54.4. The Kier molecular flexibility index (Phi) is 47.6. The zero-order valence-electron chi connectivity index (χ0n) is 47.2. The van der Waals surface area contributed by atoms with Crippen LogP contribution in [-0.4, -0.2) is 96.0 Å². The molecule has 1 fully saturated rings. The van der Waals surface area contributed by atoms with Crippen molar-refractivity contribution in [1.29, 1.82) is 0 Å². The molecule has 0 spiro atoms. The Balaban J connectivity index is 2.32. The van der Waals surface area contributed by atoms with Gasteiger partial charge in [0, 0.05) is 12.8 Å². The summed E-state index contributed by atoms with van der Waals surface area (Å²) in [5.74, 6) is -2.06. The van der Waals surface area contributed by atoms with E-state index in [9.17, 15) is 37.9 Å². The lowest BCUT2D eigenvalue weighted by molar-refractivity contribution is -0.297. The summed E-state index contributed by atoms with van der Waals surface area (Å²) in [5, 5.41) is 31.1. The molecule has 434 valence electrons. The molecule has 0 radical (unpaired) electrons. The summed E-state index contributed by atoms with van der Waals surface area (Å²) >= 11 is 0. The van der Waals surface area contributed by atoms with Gasteiger partial charge in [0.2, 0.25) is 0 Å². The number of esters is 2. The second kappa shape index (κ2) is 50.4. The highest BCUT2D eigenvalue weighted by Crippen LogP contribution is 2.24. The van der Waals surface area contributed by atoms with Crippen LogP contribution < -0.4 is 0 Å². The van der Waals surface area contributed by atoms with Crippen molar-refractivity contribution in [1.82, 2.24) is 0 Å². The quantitative estimate of drug-likeness (QED) is 0.0196. The van der Waals surface area contributed by atoms with E-state index in [1.807, 2.05) is 0 Å². The van der Waals surface area contributed by atoms with Gasteiger partial charge in [-0.1, -0.05) is 243 Å². The van der Waals surface area contributed by atoms with E-state index in [1.54, 1.807) is 0 Å². The molecule has 0 saturated carbocycles. The summed E-state index contributed by atoms with van der Waals surface area (Å²) in [6.45, 7) is 3.77. The summed E-state index contributed by atoms with van der Waals surface area (Å²) in [4.78, 5) is 25.6. The van der Waals surface area contributed by atoms with Crippen molar-refractivity contribution in [2.45, 2.75) is 320 Å². The second-order valence-corrected chi connectivity index (χ2v) is 22.8. The van der Waals surface area contributed by atoms with Crippen molar-refractivity contribution in [2.24, 2.45) is 0 Å². The minimum absolute atomic E-state index is 0.101. The van der Waals surface area contributed by atoms with Crippen LogP contribution in [0.15, 0.2) is 36.5 Å². The maximum absolute atomic E-state index is 12.9. The lowest BCUT2D eigenvalue weighted by Crippen LogP contribution is -2.60. The van der Waals surface area contributed by atoms with E-state index < -0.39 is 71.2 Å². The van der Waals surface area contributed by atoms with Crippen LogP contribution in [0.4, 0.5) is 0 Å². The molecule has 1 aliphatic rings. The fraction of sp³-hybridized carbons (Fsp3) is 0.869. The molecule has 13 heteroatoms. The molecule has 4 N–H and O–H groups in total. The van der Waals surface area contributed by atoms with Crippen molar-refractivity contribution in [3.05, 3.63) is 36.5 Å². The average Bonchev–Trinajstić information content (AvgIpc) is 3.37. The van der Waals surface area contributed by atoms with Gasteiger partial charge in [0.15, 0.2) is 12.4 Å². The SMILES string of the molecule is CCCCCCCCCCCCCCCC/C=C/CC/C=C/CCCC(=O)O[C@H](COC(=O)CCC/C=C/CCCCCCCCCCCCCCCCCCCC)CO[C@H]1O[C@H](CS(=O)(=O)O)[C@@H](O)C(O)C1O. The number of hydrogen-bond donors (Lipinski definition) is 4. The number of aliphatic hydroxyl groups excluding tert-OH is 3. The number of allylic oxidation sites excluding steroid dienone is 6. The van der Waals surface area contributed by atoms with Gasteiger partial charge in [-0.15, -0.1) is 0 Å². The number of aliphatic hydroxyl groups is 3. The average molecular weight is 1070 g/mol. The van der Waals surface area contributed by atoms with E-state index in [4.69, 9.17) is 18.9 Å². The third-order valence-corrected chi connectivity index (χ3v) is 14.9. The van der Waals surface area contributed by atoms with Gasteiger partial charge in [-0.05, 0) is 64.2 Å². The van der Waals surface area contributed by atoms with Gasteiger partial charge in [-0.2, -0.15) is 8.42 Å². The molecule has 0 bridgehead atoms. The van der Waals surface area contributed by atoms with Crippen LogP contribution in [0.25, 0.3) is 0 Å².